The molecule has 0 fully saturated rings. The molecule has 9 nitrogen and oxygen atoms in total. The van der Waals surface area contributed by atoms with Gasteiger partial charge in [-0.15, -0.1) is 0 Å². The summed E-state index contributed by atoms with van der Waals surface area (Å²) >= 11 is 0. The average molecular weight is 677 g/mol. The fourth-order valence-corrected chi connectivity index (χ4v) is 6.00. The summed E-state index contributed by atoms with van der Waals surface area (Å²) in [6.07, 6.45) is 19.8. The van der Waals surface area contributed by atoms with Gasteiger partial charge >= 0.3 is 17.9 Å². The van der Waals surface area contributed by atoms with Gasteiger partial charge in [0.05, 0.1) is 65.2 Å². The molecule has 0 spiro atoms. The molecule has 0 radical (unpaired) electrons. The molecule has 282 valence electrons. The van der Waals surface area contributed by atoms with E-state index in [1.165, 1.54) is 164 Å². The zero-order valence-corrected chi connectivity index (χ0v) is 32.3. The molecule has 0 amide bonds. The summed E-state index contributed by atoms with van der Waals surface area (Å²) in [7, 11) is 0. The van der Waals surface area contributed by atoms with Crippen molar-refractivity contribution in [2.24, 2.45) is 0 Å². The Hall–Kier alpha value is -1.71. The van der Waals surface area contributed by atoms with Gasteiger partial charge in [-0.2, -0.15) is 0 Å². The van der Waals surface area contributed by atoms with Crippen LogP contribution in [-0.4, -0.2) is 105 Å². The standard InChI is InChI=1S/2C16H36N.C6H8O7/c2*1-5-9-13-17(14-10-6-2,15-11-7-3)16-12-8-4;7-3(8)1-6(13,5(11)12)2-4(9)10/h2*5-16H2,1-4H3;13H,1-2H2,(H,7,8)(H,9,10)(H,11,12)/q2*+1;. The average Bonchev–Trinajstić information content (AvgIpc) is 3.03. The number of carboxylic acid groups (broad SMARTS) is 3. The summed E-state index contributed by atoms with van der Waals surface area (Å²) < 4.78 is 2.84. The first-order valence-electron chi connectivity index (χ1n) is 19.4. The predicted octanol–water partition coefficient (Wildman–Crippen LogP) is 8.76. The third-order valence-electron chi connectivity index (χ3n) is 9.17. The van der Waals surface area contributed by atoms with Crippen LogP contribution in [0.1, 0.15) is 171 Å². The number of carboxylic acids is 3. The first-order valence-corrected chi connectivity index (χ1v) is 19.4. The molecule has 0 aliphatic carbocycles. The molecule has 9 heteroatoms. The highest BCUT2D eigenvalue weighted by Crippen LogP contribution is 2.18. The van der Waals surface area contributed by atoms with E-state index in [0.29, 0.717) is 0 Å². The Kier molecular flexibility index (Phi) is 33.3. The minimum Gasteiger partial charge on any atom is -0.481 e. The van der Waals surface area contributed by atoms with Crippen molar-refractivity contribution in [1.82, 2.24) is 0 Å². The van der Waals surface area contributed by atoms with Gasteiger partial charge < -0.3 is 29.4 Å². The van der Waals surface area contributed by atoms with Crippen molar-refractivity contribution in [2.45, 2.75) is 177 Å². The van der Waals surface area contributed by atoms with Crippen LogP contribution in [0.4, 0.5) is 0 Å². The van der Waals surface area contributed by atoms with Crippen LogP contribution in [0.15, 0.2) is 0 Å². The lowest BCUT2D eigenvalue weighted by atomic mass is 9.96. The molecule has 0 aliphatic heterocycles. The van der Waals surface area contributed by atoms with Crippen LogP contribution in [0, 0.1) is 0 Å². The van der Waals surface area contributed by atoms with E-state index in [0.717, 1.165) is 0 Å². The molecule has 0 rings (SSSR count). The largest absolute Gasteiger partial charge is 0.481 e. The highest BCUT2D eigenvalue weighted by atomic mass is 16.4. The zero-order chi connectivity index (χ0) is 36.6. The summed E-state index contributed by atoms with van der Waals surface area (Å²) in [5.41, 5.74) is -2.74. The molecule has 47 heavy (non-hydrogen) atoms. The highest BCUT2D eigenvalue weighted by Gasteiger charge is 2.40. The minimum atomic E-state index is -2.74. The quantitative estimate of drug-likeness (QED) is 0.0583. The third-order valence-corrected chi connectivity index (χ3v) is 9.17. The van der Waals surface area contributed by atoms with Crippen molar-refractivity contribution >= 4 is 17.9 Å². The second-order valence-corrected chi connectivity index (χ2v) is 13.8. The maximum Gasteiger partial charge on any atom is 0.336 e. The van der Waals surface area contributed by atoms with Crippen molar-refractivity contribution in [3.8, 4) is 0 Å². The zero-order valence-electron chi connectivity index (χ0n) is 32.3. The molecule has 0 aliphatic rings. The molecule has 0 atom stereocenters. The number of aliphatic hydroxyl groups is 1. The lowest BCUT2D eigenvalue weighted by Gasteiger charge is -2.39. The monoisotopic (exact) mass is 677 g/mol. The highest BCUT2D eigenvalue weighted by molar-refractivity contribution is 5.88. The maximum atomic E-state index is 10.3. The lowest BCUT2D eigenvalue weighted by Crippen LogP contribution is -2.50. The lowest BCUT2D eigenvalue weighted by molar-refractivity contribution is -0.929. The van der Waals surface area contributed by atoms with E-state index in [1.807, 2.05) is 0 Å². The van der Waals surface area contributed by atoms with E-state index in [2.05, 4.69) is 55.4 Å². The molecule has 0 aromatic carbocycles. The van der Waals surface area contributed by atoms with Crippen molar-refractivity contribution in [3.05, 3.63) is 0 Å². The molecule has 0 heterocycles. The Labute approximate surface area is 290 Å². The van der Waals surface area contributed by atoms with Gasteiger partial charge in [-0.25, -0.2) is 4.79 Å². The van der Waals surface area contributed by atoms with Crippen molar-refractivity contribution < 1.29 is 43.8 Å². The number of hydrogen-bond acceptors (Lipinski definition) is 4. The molecule has 0 saturated carbocycles. The number of nitrogens with zero attached hydrogens (tertiary/aromatic N) is 2. The predicted molar refractivity (Wildman–Crippen MR) is 196 cm³/mol. The fourth-order valence-electron chi connectivity index (χ4n) is 6.00. The van der Waals surface area contributed by atoms with Gasteiger partial charge in [-0.3, -0.25) is 9.59 Å². The topological polar surface area (TPSA) is 132 Å². The van der Waals surface area contributed by atoms with E-state index in [1.54, 1.807) is 0 Å². The summed E-state index contributed by atoms with van der Waals surface area (Å²) in [5, 5.41) is 33.8. The van der Waals surface area contributed by atoms with Crippen molar-refractivity contribution in [1.29, 1.82) is 0 Å². The number of hydrogen-bond donors (Lipinski definition) is 4. The number of carbonyl (C=O) groups is 3. The Bertz CT molecular complexity index is 633. The van der Waals surface area contributed by atoms with Gasteiger partial charge in [0.2, 0.25) is 0 Å². The Morgan fingerprint density at radius 2 is 0.574 bits per heavy atom. The van der Waals surface area contributed by atoms with E-state index < -0.39 is 36.4 Å². The van der Waals surface area contributed by atoms with Gasteiger partial charge in [-0.1, -0.05) is 107 Å². The van der Waals surface area contributed by atoms with Gasteiger partial charge in [0.25, 0.3) is 0 Å². The number of aliphatic carboxylic acids is 3. The SMILES string of the molecule is CCCC[N+](CCCC)(CCCC)CCCC.CCCC[N+](CCCC)(CCCC)CCCC.O=C(O)CC(O)(CC(=O)O)C(=O)O. The van der Waals surface area contributed by atoms with Crippen LogP contribution in [0.25, 0.3) is 0 Å². The fraction of sp³-hybridized carbons (Fsp3) is 0.921. The Morgan fingerprint density at radius 1 is 0.404 bits per heavy atom. The summed E-state index contributed by atoms with van der Waals surface area (Å²) in [4.78, 5) is 30.5. The van der Waals surface area contributed by atoms with Crippen LogP contribution in [0.5, 0.6) is 0 Å². The van der Waals surface area contributed by atoms with Gasteiger partial charge in [0.1, 0.15) is 0 Å². The normalized spacial score (nSPS) is 11.7. The first-order chi connectivity index (χ1) is 22.3. The van der Waals surface area contributed by atoms with Crippen LogP contribution in [-0.2, 0) is 14.4 Å². The number of quaternary nitrogens is 2. The van der Waals surface area contributed by atoms with Gasteiger partial charge in [-0.05, 0) is 51.4 Å². The molecule has 0 unspecified atom stereocenters. The molecule has 0 aromatic rings. The van der Waals surface area contributed by atoms with Crippen LogP contribution >= 0.6 is 0 Å². The number of rotatable bonds is 29. The number of unbranched alkanes of at least 4 members (excludes halogenated alkanes) is 8. The van der Waals surface area contributed by atoms with E-state index in [-0.39, 0.29) is 0 Å². The van der Waals surface area contributed by atoms with Crippen molar-refractivity contribution in [2.75, 3.05) is 52.4 Å². The molecular formula is C38H80N2O7+2. The molecule has 0 saturated heterocycles. The minimum absolute atomic E-state index is 1.14. The second-order valence-electron chi connectivity index (χ2n) is 13.8. The Balaban J connectivity index is -0.000000625. The molecule has 0 aromatic heterocycles. The van der Waals surface area contributed by atoms with Crippen LogP contribution in [0.2, 0.25) is 0 Å². The van der Waals surface area contributed by atoms with E-state index in [9.17, 15) is 14.4 Å². The van der Waals surface area contributed by atoms with Crippen LogP contribution in [0.3, 0.4) is 0 Å². The van der Waals surface area contributed by atoms with E-state index >= 15 is 0 Å². The maximum absolute atomic E-state index is 10.3. The Morgan fingerprint density at radius 3 is 0.681 bits per heavy atom. The van der Waals surface area contributed by atoms with Gasteiger partial charge in [0, 0.05) is 0 Å². The second kappa shape index (κ2) is 31.6. The first kappa shape index (κ1) is 49.7. The molecule has 0 bridgehead atoms. The molecule has 4 N–H and O–H groups in total. The smallest absolute Gasteiger partial charge is 0.336 e. The molecular weight excluding hydrogens is 596 g/mol. The van der Waals surface area contributed by atoms with Crippen molar-refractivity contribution in [3.63, 3.8) is 0 Å². The van der Waals surface area contributed by atoms with Gasteiger partial charge in [0.15, 0.2) is 5.60 Å². The summed E-state index contributed by atoms with van der Waals surface area (Å²) in [6, 6.07) is 0. The summed E-state index contributed by atoms with van der Waals surface area (Å²) in [5.74, 6) is -5.02. The third kappa shape index (κ3) is 26.9. The van der Waals surface area contributed by atoms with Crippen LogP contribution < -0.4 is 0 Å². The van der Waals surface area contributed by atoms with E-state index in [4.69, 9.17) is 20.4 Å². The summed E-state index contributed by atoms with van der Waals surface area (Å²) in [6.45, 7) is 30.0.